The first-order valence-corrected chi connectivity index (χ1v) is 5.21. The van der Waals surface area contributed by atoms with Crippen molar-refractivity contribution in [2.75, 3.05) is 7.11 Å². The molecule has 0 amide bonds. The van der Waals surface area contributed by atoms with Crippen molar-refractivity contribution in [3.05, 3.63) is 29.4 Å². The first-order valence-electron chi connectivity index (χ1n) is 4.39. The maximum atomic E-state index is 8.91. The molecule has 2 heterocycles. The number of pyridine rings is 1. The summed E-state index contributed by atoms with van der Waals surface area (Å²) in [6.45, 7) is 0.0290. The fourth-order valence-corrected chi connectivity index (χ4v) is 1.90. The van der Waals surface area contributed by atoms with E-state index in [0.29, 0.717) is 5.88 Å². The van der Waals surface area contributed by atoms with Crippen LogP contribution in [0.25, 0.3) is 10.6 Å². The molecular weight excluding hydrogens is 212 g/mol. The molecule has 1 N–H and O–H groups in total. The number of thiazole rings is 1. The normalized spacial score (nSPS) is 10.3. The Morgan fingerprint density at radius 2 is 2.20 bits per heavy atom. The first-order chi connectivity index (χ1) is 7.33. The van der Waals surface area contributed by atoms with Crippen molar-refractivity contribution < 1.29 is 9.84 Å². The van der Waals surface area contributed by atoms with Gasteiger partial charge in [0.15, 0.2) is 0 Å². The van der Waals surface area contributed by atoms with Crippen LogP contribution in [0, 0.1) is 0 Å². The van der Waals surface area contributed by atoms with Gasteiger partial charge in [0.1, 0.15) is 5.01 Å². The number of hydrogen-bond donors (Lipinski definition) is 1. The Kier molecular flexibility index (Phi) is 2.94. The molecule has 0 bridgehead atoms. The third-order valence-corrected chi connectivity index (χ3v) is 2.93. The van der Waals surface area contributed by atoms with Crippen molar-refractivity contribution >= 4 is 11.3 Å². The number of aliphatic hydroxyl groups excluding tert-OH is 1. The smallest absolute Gasteiger partial charge is 0.212 e. The van der Waals surface area contributed by atoms with E-state index >= 15 is 0 Å². The third-order valence-electron chi connectivity index (χ3n) is 1.90. The van der Waals surface area contributed by atoms with Crippen LogP contribution in [-0.2, 0) is 6.61 Å². The molecule has 0 spiro atoms. The van der Waals surface area contributed by atoms with Gasteiger partial charge in [-0.1, -0.05) is 0 Å². The Labute approximate surface area is 91.2 Å². The highest BCUT2D eigenvalue weighted by atomic mass is 32.1. The molecular formula is C10H10N2O2S. The van der Waals surface area contributed by atoms with Gasteiger partial charge in [-0.25, -0.2) is 9.97 Å². The zero-order valence-corrected chi connectivity index (χ0v) is 8.99. The SMILES string of the molecule is COc1ccc(-c2ncc(CO)s2)cn1. The van der Waals surface area contributed by atoms with E-state index in [2.05, 4.69) is 9.97 Å². The highest BCUT2D eigenvalue weighted by molar-refractivity contribution is 7.15. The van der Waals surface area contributed by atoms with E-state index in [-0.39, 0.29) is 6.61 Å². The van der Waals surface area contributed by atoms with Crippen LogP contribution in [0.15, 0.2) is 24.5 Å². The van der Waals surface area contributed by atoms with Gasteiger partial charge in [0.25, 0.3) is 0 Å². The zero-order chi connectivity index (χ0) is 10.7. The van der Waals surface area contributed by atoms with Crippen LogP contribution in [0.2, 0.25) is 0 Å². The molecule has 78 valence electrons. The van der Waals surface area contributed by atoms with Crippen LogP contribution in [-0.4, -0.2) is 22.2 Å². The maximum Gasteiger partial charge on any atom is 0.212 e. The molecule has 0 radical (unpaired) electrons. The molecule has 0 saturated carbocycles. The van der Waals surface area contributed by atoms with Crippen LogP contribution in [0.3, 0.4) is 0 Å². The number of nitrogens with zero attached hydrogens (tertiary/aromatic N) is 2. The van der Waals surface area contributed by atoms with Crippen LogP contribution >= 0.6 is 11.3 Å². The van der Waals surface area contributed by atoms with Crippen molar-refractivity contribution in [2.45, 2.75) is 6.61 Å². The van der Waals surface area contributed by atoms with Crippen LogP contribution in [0.4, 0.5) is 0 Å². The Bertz CT molecular complexity index is 439. The lowest BCUT2D eigenvalue weighted by molar-refractivity contribution is 0.285. The van der Waals surface area contributed by atoms with Gasteiger partial charge in [0, 0.05) is 24.0 Å². The number of ether oxygens (including phenoxy) is 1. The molecule has 0 aliphatic carbocycles. The summed E-state index contributed by atoms with van der Waals surface area (Å²) in [5.74, 6) is 0.581. The van der Waals surface area contributed by atoms with E-state index in [1.165, 1.54) is 11.3 Å². The lowest BCUT2D eigenvalue weighted by Crippen LogP contribution is -1.86. The Morgan fingerprint density at radius 3 is 2.73 bits per heavy atom. The predicted molar refractivity (Wildman–Crippen MR) is 57.8 cm³/mol. The summed E-state index contributed by atoms with van der Waals surface area (Å²) in [6.07, 6.45) is 3.38. The first kappa shape index (κ1) is 10.1. The summed E-state index contributed by atoms with van der Waals surface area (Å²) >= 11 is 1.46. The summed E-state index contributed by atoms with van der Waals surface area (Å²) in [6, 6.07) is 3.68. The summed E-state index contributed by atoms with van der Waals surface area (Å²) in [7, 11) is 1.58. The zero-order valence-electron chi connectivity index (χ0n) is 8.17. The topological polar surface area (TPSA) is 55.2 Å². The molecule has 0 atom stereocenters. The molecule has 0 unspecified atom stereocenters. The van der Waals surface area contributed by atoms with Gasteiger partial charge >= 0.3 is 0 Å². The molecule has 0 fully saturated rings. The molecule has 0 aromatic carbocycles. The minimum absolute atomic E-state index is 0.0290. The van der Waals surface area contributed by atoms with Crippen LogP contribution in [0.1, 0.15) is 4.88 Å². The predicted octanol–water partition coefficient (Wildman–Crippen LogP) is 1.71. The minimum Gasteiger partial charge on any atom is -0.481 e. The molecule has 2 rings (SSSR count). The monoisotopic (exact) mass is 222 g/mol. The van der Waals surface area contributed by atoms with Gasteiger partial charge in [-0.3, -0.25) is 0 Å². The Morgan fingerprint density at radius 1 is 1.33 bits per heavy atom. The summed E-state index contributed by atoms with van der Waals surface area (Å²) < 4.78 is 4.96. The quantitative estimate of drug-likeness (QED) is 0.858. The van der Waals surface area contributed by atoms with E-state index in [9.17, 15) is 0 Å². The fraction of sp³-hybridized carbons (Fsp3) is 0.200. The van der Waals surface area contributed by atoms with Crippen molar-refractivity contribution in [1.82, 2.24) is 9.97 Å². The largest absolute Gasteiger partial charge is 0.481 e. The van der Waals surface area contributed by atoms with Crippen LogP contribution in [0.5, 0.6) is 5.88 Å². The van der Waals surface area contributed by atoms with E-state index < -0.39 is 0 Å². The molecule has 0 aliphatic heterocycles. The number of hydrogen-bond acceptors (Lipinski definition) is 5. The van der Waals surface area contributed by atoms with Crippen molar-refractivity contribution in [1.29, 1.82) is 0 Å². The fourth-order valence-electron chi connectivity index (χ4n) is 1.14. The number of aromatic nitrogens is 2. The number of rotatable bonds is 3. The van der Waals surface area contributed by atoms with Gasteiger partial charge in [0.05, 0.1) is 18.6 Å². The van der Waals surface area contributed by atoms with Crippen molar-refractivity contribution in [3.8, 4) is 16.5 Å². The second kappa shape index (κ2) is 4.37. The Balaban J connectivity index is 2.28. The summed E-state index contributed by atoms with van der Waals surface area (Å²) in [5, 5.41) is 9.77. The van der Waals surface area contributed by atoms with Crippen LogP contribution < -0.4 is 4.74 Å². The van der Waals surface area contributed by atoms with E-state index in [4.69, 9.17) is 9.84 Å². The van der Waals surface area contributed by atoms with E-state index in [1.807, 2.05) is 6.07 Å². The minimum atomic E-state index is 0.0290. The second-order valence-electron chi connectivity index (χ2n) is 2.88. The standard InChI is InChI=1S/C10H10N2O2S/c1-14-9-3-2-7(4-11-9)10-12-5-8(6-13)15-10/h2-5,13H,6H2,1H3. The van der Waals surface area contributed by atoms with Gasteiger partial charge < -0.3 is 9.84 Å². The molecule has 5 heteroatoms. The highest BCUT2D eigenvalue weighted by Crippen LogP contribution is 2.25. The molecule has 0 aliphatic rings. The molecule has 0 saturated heterocycles. The van der Waals surface area contributed by atoms with Gasteiger partial charge in [-0.05, 0) is 6.07 Å². The van der Waals surface area contributed by atoms with E-state index in [1.54, 1.807) is 25.6 Å². The maximum absolute atomic E-state index is 8.91. The summed E-state index contributed by atoms with van der Waals surface area (Å²) in [5.41, 5.74) is 0.931. The van der Waals surface area contributed by atoms with Gasteiger partial charge in [-0.2, -0.15) is 0 Å². The molecule has 2 aromatic rings. The lowest BCUT2D eigenvalue weighted by Gasteiger charge is -1.98. The molecule has 15 heavy (non-hydrogen) atoms. The average Bonchev–Trinajstić information content (AvgIpc) is 2.78. The average molecular weight is 222 g/mol. The second-order valence-corrected chi connectivity index (χ2v) is 3.99. The summed E-state index contributed by atoms with van der Waals surface area (Å²) in [4.78, 5) is 9.13. The van der Waals surface area contributed by atoms with Crippen molar-refractivity contribution in [2.24, 2.45) is 0 Å². The van der Waals surface area contributed by atoms with Crippen molar-refractivity contribution in [3.63, 3.8) is 0 Å². The van der Waals surface area contributed by atoms with Gasteiger partial charge in [-0.15, -0.1) is 11.3 Å². The number of aliphatic hydroxyl groups is 1. The Hall–Kier alpha value is -1.46. The van der Waals surface area contributed by atoms with E-state index in [0.717, 1.165) is 15.4 Å². The lowest BCUT2D eigenvalue weighted by atomic mass is 10.3. The number of methoxy groups -OCH3 is 1. The van der Waals surface area contributed by atoms with Gasteiger partial charge in [0.2, 0.25) is 5.88 Å². The highest BCUT2D eigenvalue weighted by Gasteiger charge is 2.04. The molecule has 2 aromatic heterocycles. The third kappa shape index (κ3) is 2.14. The molecule has 4 nitrogen and oxygen atoms in total.